The van der Waals surface area contributed by atoms with Crippen LogP contribution < -0.4 is 10.9 Å². The fourth-order valence-electron chi connectivity index (χ4n) is 6.24. The van der Waals surface area contributed by atoms with Crippen molar-refractivity contribution in [2.75, 3.05) is 26.2 Å². The van der Waals surface area contributed by atoms with E-state index in [2.05, 4.69) is 51.2 Å². The number of pyridine rings is 1. The molecule has 1 saturated heterocycles. The van der Waals surface area contributed by atoms with Gasteiger partial charge in [0.05, 0.1) is 22.5 Å². The van der Waals surface area contributed by atoms with Gasteiger partial charge in [0, 0.05) is 47.3 Å². The molecule has 6 nitrogen and oxygen atoms in total. The average molecular weight is 629 g/mol. The van der Waals surface area contributed by atoms with Gasteiger partial charge in [-0.2, -0.15) is 0 Å². The van der Waals surface area contributed by atoms with Gasteiger partial charge in [-0.3, -0.25) is 14.2 Å². The fraction of sp³-hybridized carbons (Fsp3) is 0.417. The highest BCUT2D eigenvalue weighted by Crippen LogP contribution is 2.49. The normalized spacial score (nSPS) is 15.3. The Balaban J connectivity index is 1.65. The summed E-state index contributed by atoms with van der Waals surface area (Å²) in [6.45, 7) is 11.4. The summed E-state index contributed by atoms with van der Waals surface area (Å²) >= 11 is 7.82. The van der Waals surface area contributed by atoms with E-state index in [4.69, 9.17) is 16.6 Å². The van der Waals surface area contributed by atoms with Crippen molar-refractivity contribution < 1.29 is 4.79 Å². The number of hydrogen-bond donors (Lipinski definition) is 1. The van der Waals surface area contributed by atoms with Gasteiger partial charge in [-0.05, 0) is 73.3 Å². The summed E-state index contributed by atoms with van der Waals surface area (Å²) in [6.07, 6.45) is 4.43. The quantitative estimate of drug-likeness (QED) is 0.208. The molecule has 4 aromatic rings. The maximum Gasteiger partial charge on any atom is 0.265 e. The zero-order chi connectivity index (χ0) is 31.0. The van der Waals surface area contributed by atoms with E-state index in [0.717, 1.165) is 72.5 Å². The number of carbonyl (C=O) groups is 1. The van der Waals surface area contributed by atoms with Gasteiger partial charge in [0.1, 0.15) is 5.01 Å². The number of piperazine rings is 1. The molecule has 2 fully saturated rings. The second-order valence-electron chi connectivity index (χ2n) is 12.3. The largest absolute Gasteiger partial charge is 0.336 e. The molecule has 0 bridgehead atoms. The maximum absolute atomic E-state index is 14.9. The number of thiazole rings is 1. The van der Waals surface area contributed by atoms with Gasteiger partial charge in [-0.1, -0.05) is 69.6 Å². The first-order valence-electron chi connectivity index (χ1n) is 16.0. The second kappa shape index (κ2) is 13.0. The predicted octanol–water partition coefficient (Wildman–Crippen LogP) is 7.53. The van der Waals surface area contributed by atoms with Crippen LogP contribution in [0, 0.1) is 5.92 Å². The molecule has 8 heteroatoms. The minimum Gasteiger partial charge on any atom is -0.336 e. The molecule has 1 amide bonds. The number of rotatable bonds is 9. The SMILES string of the molecule is CCc1cccc(CC)c1-n1c(CC(C)C)c(C(=O)N2CCNCC2)cc(-c2nc(-c3ccc(Cl)cc3)c(C3CC3)s2)c1=O. The summed E-state index contributed by atoms with van der Waals surface area (Å²) in [5.74, 6) is 0.683. The third-order valence-corrected chi connectivity index (χ3v) is 10.2. The third-order valence-electron chi connectivity index (χ3n) is 8.68. The minimum absolute atomic E-state index is 0.0129. The molecule has 0 unspecified atom stereocenters. The molecular formula is C36H41ClN4O2S. The molecule has 1 N–H and O–H groups in total. The van der Waals surface area contributed by atoms with Gasteiger partial charge >= 0.3 is 0 Å². The maximum atomic E-state index is 14.9. The van der Waals surface area contributed by atoms with Crippen LogP contribution in [-0.4, -0.2) is 46.5 Å². The average Bonchev–Trinajstić information content (AvgIpc) is 3.79. The number of para-hydroxylation sites is 1. The van der Waals surface area contributed by atoms with Gasteiger partial charge in [0.25, 0.3) is 11.5 Å². The molecule has 1 aliphatic heterocycles. The van der Waals surface area contributed by atoms with E-state index < -0.39 is 0 Å². The van der Waals surface area contributed by atoms with E-state index >= 15 is 0 Å². The first-order valence-corrected chi connectivity index (χ1v) is 17.2. The topological polar surface area (TPSA) is 67.2 Å². The second-order valence-corrected chi connectivity index (χ2v) is 13.8. The van der Waals surface area contributed by atoms with E-state index in [-0.39, 0.29) is 17.4 Å². The highest BCUT2D eigenvalue weighted by molar-refractivity contribution is 7.15. The summed E-state index contributed by atoms with van der Waals surface area (Å²) in [7, 11) is 0. The molecule has 1 saturated carbocycles. The lowest BCUT2D eigenvalue weighted by molar-refractivity contribution is 0.0733. The van der Waals surface area contributed by atoms with Gasteiger partial charge in [-0.15, -0.1) is 11.3 Å². The molecular weight excluding hydrogens is 588 g/mol. The molecule has 2 aliphatic rings. The summed E-state index contributed by atoms with van der Waals surface area (Å²) in [5.41, 5.74) is 6.85. The summed E-state index contributed by atoms with van der Waals surface area (Å²) < 4.78 is 1.89. The molecule has 0 radical (unpaired) electrons. The number of aromatic nitrogens is 2. The van der Waals surface area contributed by atoms with Crippen LogP contribution in [0.1, 0.15) is 78.5 Å². The number of amides is 1. The Labute approximate surface area is 269 Å². The lowest BCUT2D eigenvalue weighted by Gasteiger charge is -2.30. The first kappa shape index (κ1) is 30.8. The zero-order valence-corrected chi connectivity index (χ0v) is 27.7. The first-order chi connectivity index (χ1) is 21.3. The number of nitrogens with zero attached hydrogens (tertiary/aromatic N) is 3. The molecule has 230 valence electrons. The van der Waals surface area contributed by atoms with Crippen LogP contribution in [0.3, 0.4) is 0 Å². The van der Waals surface area contributed by atoms with E-state index in [1.807, 2.05) is 39.8 Å². The fourth-order valence-corrected chi connectivity index (χ4v) is 7.63. The van der Waals surface area contributed by atoms with Gasteiger partial charge < -0.3 is 10.2 Å². The number of carbonyl (C=O) groups excluding carboxylic acids is 1. The van der Waals surface area contributed by atoms with Crippen molar-refractivity contribution in [1.29, 1.82) is 0 Å². The van der Waals surface area contributed by atoms with Crippen LogP contribution in [0.2, 0.25) is 5.02 Å². The Morgan fingerprint density at radius 2 is 1.70 bits per heavy atom. The number of hydrogen-bond acceptors (Lipinski definition) is 5. The van der Waals surface area contributed by atoms with Crippen molar-refractivity contribution in [1.82, 2.24) is 19.8 Å². The van der Waals surface area contributed by atoms with Gasteiger partial charge in [0.15, 0.2) is 0 Å². The molecule has 1 aliphatic carbocycles. The van der Waals surface area contributed by atoms with E-state index in [9.17, 15) is 9.59 Å². The van der Waals surface area contributed by atoms with E-state index in [0.29, 0.717) is 46.6 Å². The molecule has 3 heterocycles. The molecule has 2 aromatic carbocycles. The lowest BCUT2D eigenvalue weighted by Crippen LogP contribution is -2.47. The zero-order valence-electron chi connectivity index (χ0n) is 26.1. The van der Waals surface area contributed by atoms with Crippen molar-refractivity contribution in [2.45, 2.75) is 65.7 Å². The molecule has 44 heavy (non-hydrogen) atoms. The van der Waals surface area contributed by atoms with Gasteiger partial charge in [0.2, 0.25) is 0 Å². The summed E-state index contributed by atoms with van der Waals surface area (Å²) in [4.78, 5) is 37.6. The van der Waals surface area contributed by atoms with Crippen molar-refractivity contribution in [3.8, 4) is 27.5 Å². The molecule has 6 rings (SSSR count). The van der Waals surface area contributed by atoms with Crippen LogP contribution >= 0.6 is 22.9 Å². The van der Waals surface area contributed by atoms with Crippen LogP contribution in [0.5, 0.6) is 0 Å². The number of benzene rings is 2. The van der Waals surface area contributed by atoms with Crippen molar-refractivity contribution >= 4 is 28.8 Å². The lowest BCUT2D eigenvalue weighted by atomic mass is 9.97. The predicted molar refractivity (Wildman–Crippen MR) is 182 cm³/mol. The minimum atomic E-state index is -0.105. The summed E-state index contributed by atoms with van der Waals surface area (Å²) in [5, 5.41) is 4.71. The van der Waals surface area contributed by atoms with Crippen molar-refractivity contribution in [3.63, 3.8) is 0 Å². The molecule has 0 spiro atoms. The Morgan fingerprint density at radius 3 is 2.30 bits per heavy atom. The monoisotopic (exact) mass is 628 g/mol. The third kappa shape index (κ3) is 6.02. The van der Waals surface area contributed by atoms with Crippen LogP contribution in [0.15, 0.2) is 53.3 Å². The van der Waals surface area contributed by atoms with E-state index in [1.54, 1.807) is 11.3 Å². The Kier molecular flexibility index (Phi) is 9.08. The van der Waals surface area contributed by atoms with E-state index in [1.165, 1.54) is 4.88 Å². The molecule has 2 aromatic heterocycles. The Hall–Kier alpha value is -3.26. The Bertz CT molecular complexity index is 1710. The van der Waals surface area contributed by atoms with Crippen LogP contribution in [0.4, 0.5) is 0 Å². The smallest absolute Gasteiger partial charge is 0.265 e. The van der Waals surface area contributed by atoms with Crippen LogP contribution in [-0.2, 0) is 19.3 Å². The standard InChI is InChI=1S/C36H41ClN4O2S/c1-5-23-8-7-9-24(6-2)32(23)41-30(20-22(3)4)28(35(42)40-18-16-38-17-19-40)21-29(36(41)43)34-39-31(33(44-34)26-10-11-26)25-12-14-27(37)15-13-25/h7-9,12-15,21-22,26,38H,5-6,10-11,16-20H2,1-4H3. The van der Waals surface area contributed by atoms with Crippen molar-refractivity contribution in [2.24, 2.45) is 5.92 Å². The number of nitrogens with one attached hydrogen (secondary N) is 1. The van der Waals surface area contributed by atoms with Crippen molar-refractivity contribution in [3.05, 3.63) is 91.2 Å². The highest BCUT2D eigenvalue weighted by atomic mass is 35.5. The number of aryl methyl sites for hydroxylation is 2. The molecule has 0 atom stereocenters. The Morgan fingerprint density at radius 1 is 1.05 bits per heavy atom. The van der Waals surface area contributed by atoms with Crippen LogP contribution in [0.25, 0.3) is 27.5 Å². The number of halogens is 1. The summed E-state index contributed by atoms with van der Waals surface area (Å²) in [6, 6.07) is 15.9. The van der Waals surface area contributed by atoms with Gasteiger partial charge in [-0.25, -0.2) is 4.98 Å². The highest BCUT2D eigenvalue weighted by Gasteiger charge is 2.33.